The van der Waals surface area contributed by atoms with Gasteiger partial charge < -0.3 is 20.3 Å². The van der Waals surface area contributed by atoms with E-state index in [4.69, 9.17) is 11.6 Å². The van der Waals surface area contributed by atoms with E-state index in [-0.39, 0.29) is 11.3 Å². The lowest BCUT2D eigenvalue weighted by Gasteiger charge is -2.43. The average molecular weight is 394 g/mol. The van der Waals surface area contributed by atoms with Crippen molar-refractivity contribution < 1.29 is 19.5 Å². The molecule has 7 nitrogen and oxygen atoms in total. The Morgan fingerprint density at radius 2 is 2.12 bits per heavy atom. The van der Waals surface area contributed by atoms with E-state index >= 15 is 0 Å². The average Bonchev–Trinajstić information content (AvgIpc) is 3.10. The smallest absolute Gasteiger partial charge is 0.327 e. The number of aliphatic carboxylic acids is 1. The van der Waals surface area contributed by atoms with Crippen LogP contribution >= 0.6 is 23.4 Å². The van der Waals surface area contributed by atoms with Crippen LogP contribution in [-0.2, 0) is 9.59 Å². The van der Waals surface area contributed by atoms with Gasteiger partial charge >= 0.3 is 5.97 Å². The molecule has 3 N–H and O–H groups in total. The number of halogens is 1. The van der Waals surface area contributed by atoms with Crippen molar-refractivity contribution in [3.05, 3.63) is 35.0 Å². The molecule has 2 saturated heterocycles. The molecule has 3 heterocycles. The summed E-state index contributed by atoms with van der Waals surface area (Å²) in [5.74, 6) is -1.83. The van der Waals surface area contributed by atoms with Crippen LogP contribution in [0, 0.1) is 0 Å². The molecule has 2 aliphatic rings. The predicted octanol–water partition coefficient (Wildman–Crippen LogP) is 2.07. The molecule has 0 saturated carbocycles. The quantitative estimate of drug-likeness (QED) is 0.693. The molecule has 9 heteroatoms. The number of aromatic amines is 1. The number of fused-ring (bicyclic) bond motifs is 2. The Kier molecular flexibility index (Phi) is 3.75. The van der Waals surface area contributed by atoms with Crippen LogP contribution in [-0.4, -0.2) is 55.0 Å². The maximum Gasteiger partial charge on any atom is 0.327 e. The monoisotopic (exact) mass is 393 g/mol. The maximum absolute atomic E-state index is 12.6. The van der Waals surface area contributed by atoms with Gasteiger partial charge in [-0.1, -0.05) is 23.7 Å². The topological polar surface area (TPSA) is 103 Å². The van der Waals surface area contributed by atoms with E-state index in [0.29, 0.717) is 16.2 Å². The van der Waals surface area contributed by atoms with E-state index in [1.165, 1.54) is 16.7 Å². The van der Waals surface area contributed by atoms with Crippen molar-refractivity contribution in [2.75, 3.05) is 0 Å². The first kappa shape index (κ1) is 17.2. The second-order valence-corrected chi connectivity index (χ2v) is 9.11. The second kappa shape index (κ2) is 5.65. The van der Waals surface area contributed by atoms with Gasteiger partial charge in [0.25, 0.3) is 5.91 Å². The molecule has 2 fully saturated rings. The molecule has 1 aromatic carbocycles. The summed E-state index contributed by atoms with van der Waals surface area (Å²) < 4.78 is -0.625. The van der Waals surface area contributed by atoms with Crippen molar-refractivity contribution in [1.29, 1.82) is 0 Å². The Balaban J connectivity index is 1.55. The summed E-state index contributed by atoms with van der Waals surface area (Å²) in [6.07, 6.45) is 0. The number of hydrogen-bond acceptors (Lipinski definition) is 4. The van der Waals surface area contributed by atoms with Gasteiger partial charge in [-0.05, 0) is 26.0 Å². The van der Waals surface area contributed by atoms with E-state index in [9.17, 15) is 19.5 Å². The highest BCUT2D eigenvalue weighted by Crippen LogP contribution is 2.50. The summed E-state index contributed by atoms with van der Waals surface area (Å²) in [6.45, 7) is 3.58. The lowest BCUT2D eigenvalue weighted by molar-refractivity contribution is -0.159. The minimum absolute atomic E-state index is 0.302. The van der Waals surface area contributed by atoms with Crippen molar-refractivity contribution in [3.8, 4) is 0 Å². The van der Waals surface area contributed by atoms with Gasteiger partial charge in [-0.25, -0.2) is 4.79 Å². The number of nitrogens with zero attached hydrogens (tertiary/aromatic N) is 1. The third-order valence-electron chi connectivity index (χ3n) is 4.81. The maximum atomic E-state index is 12.6. The molecule has 0 radical (unpaired) electrons. The Hall–Kier alpha value is -2.19. The molecule has 3 atom stereocenters. The summed E-state index contributed by atoms with van der Waals surface area (Å²) in [5.41, 5.74) is 0.958. The number of thioether (sulfide) groups is 1. The first-order valence-electron chi connectivity index (χ1n) is 8.01. The van der Waals surface area contributed by atoms with Crippen LogP contribution in [0.2, 0.25) is 5.02 Å². The van der Waals surface area contributed by atoms with Crippen molar-refractivity contribution in [3.63, 3.8) is 0 Å². The number of rotatable bonds is 3. The van der Waals surface area contributed by atoms with Crippen LogP contribution in [0.4, 0.5) is 0 Å². The molecular formula is C17H16ClN3O4S. The zero-order valence-electron chi connectivity index (χ0n) is 13.9. The molecule has 2 aromatic rings. The number of H-pyrrole nitrogens is 1. The largest absolute Gasteiger partial charge is 0.480 e. The van der Waals surface area contributed by atoms with E-state index in [1.54, 1.807) is 32.0 Å². The Labute approximate surface area is 158 Å². The van der Waals surface area contributed by atoms with Crippen molar-refractivity contribution in [2.45, 2.75) is 36.1 Å². The minimum atomic E-state index is -1.03. The van der Waals surface area contributed by atoms with Crippen molar-refractivity contribution in [1.82, 2.24) is 15.2 Å². The number of carbonyl (C=O) groups is 3. The van der Waals surface area contributed by atoms with Gasteiger partial charge in [-0.3, -0.25) is 9.59 Å². The fourth-order valence-corrected chi connectivity index (χ4v) is 5.46. The van der Waals surface area contributed by atoms with Gasteiger partial charge in [0.1, 0.15) is 23.2 Å². The first-order chi connectivity index (χ1) is 12.2. The number of hydrogen-bond donors (Lipinski definition) is 3. The van der Waals surface area contributed by atoms with Gasteiger partial charge in [0.05, 0.1) is 10.5 Å². The molecule has 0 bridgehead atoms. The van der Waals surface area contributed by atoms with Crippen LogP contribution in [0.15, 0.2) is 24.3 Å². The molecule has 0 spiro atoms. The van der Waals surface area contributed by atoms with Gasteiger partial charge in [-0.15, -0.1) is 11.8 Å². The van der Waals surface area contributed by atoms with Crippen LogP contribution in [0.1, 0.15) is 24.3 Å². The Morgan fingerprint density at radius 3 is 2.77 bits per heavy atom. The number of amides is 2. The third-order valence-corrected chi connectivity index (χ3v) is 6.70. The Morgan fingerprint density at radius 1 is 1.38 bits per heavy atom. The number of carboxylic acids is 1. The summed E-state index contributed by atoms with van der Waals surface area (Å²) in [7, 11) is 0. The van der Waals surface area contributed by atoms with Crippen LogP contribution in [0.3, 0.4) is 0 Å². The molecule has 136 valence electrons. The number of nitrogens with one attached hydrogen (secondary N) is 2. The second-order valence-electron chi connectivity index (χ2n) is 6.94. The molecule has 2 amide bonds. The predicted molar refractivity (Wildman–Crippen MR) is 98.3 cm³/mol. The molecule has 0 unspecified atom stereocenters. The molecule has 2 aliphatic heterocycles. The fraction of sp³-hybridized carbons (Fsp3) is 0.353. The SMILES string of the molecule is CC1(C)S[C@@H]2[C@H](NC(=O)c3cc4cccc(Cl)c4[nH]3)C(=O)N2[C@H]1C(=O)O. The number of para-hydroxylation sites is 1. The first-order valence-corrected chi connectivity index (χ1v) is 9.27. The number of benzene rings is 1. The lowest BCUT2D eigenvalue weighted by atomic mass is 9.96. The lowest BCUT2D eigenvalue weighted by Crippen LogP contribution is -2.70. The van der Waals surface area contributed by atoms with Gasteiger partial charge in [0, 0.05) is 10.1 Å². The highest BCUT2D eigenvalue weighted by molar-refractivity contribution is 8.01. The van der Waals surface area contributed by atoms with Crippen molar-refractivity contribution in [2.24, 2.45) is 0 Å². The van der Waals surface area contributed by atoms with Crippen molar-refractivity contribution >= 4 is 52.0 Å². The standard InChI is InChI=1S/C17H16ClN3O4S/c1-17(2)12(16(24)25)21-14(23)11(15(21)26-17)20-13(22)9-6-7-4-3-5-8(18)10(7)19-9/h3-6,11-12,15,19H,1-2H3,(H,20,22)(H,24,25)/t11-,12+,15-/m1/s1. The zero-order valence-corrected chi connectivity index (χ0v) is 15.5. The van der Waals surface area contributed by atoms with Crippen LogP contribution in [0.5, 0.6) is 0 Å². The number of aromatic nitrogens is 1. The third kappa shape index (κ3) is 2.39. The van der Waals surface area contributed by atoms with Gasteiger partial charge in [0.15, 0.2) is 0 Å². The van der Waals surface area contributed by atoms with E-state index in [2.05, 4.69) is 10.3 Å². The zero-order chi connectivity index (χ0) is 18.8. The number of carbonyl (C=O) groups excluding carboxylic acids is 2. The highest BCUT2D eigenvalue weighted by Gasteiger charge is 2.64. The van der Waals surface area contributed by atoms with Gasteiger partial charge in [0.2, 0.25) is 5.91 Å². The Bertz CT molecular complexity index is 957. The molecule has 1 aromatic heterocycles. The molecule has 4 rings (SSSR count). The minimum Gasteiger partial charge on any atom is -0.480 e. The fourth-order valence-electron chi connectivity index (χ4n) is 3.61. The van der Waals surface area contributed by atoms with E-state index in [0.717, 1.165) is 5.39 Å². The van der Waals surface area contributed by atoms with Crippen LogP contribution < -0.4 is 5.32 Å². The molecule has 26 heavy (non-hydrogen) atoms. The summed E-state index contributed by atoms with van der Waals surface area (Å²) in [4.78, 5) is 40.8. The summed E-state index contributed by atoms with van der Waals surface area (Å²) in [6, 6.07) is 5.37. The summed E-state index contributed by atoms with van der Waals surface area (Å²) >= 11 is 7.50. The van der Waals surface area contributed by atoms with E-state index in [1.807, 2.05) is 6.07 Å². The molecular weight excluding hydrogens is 378 g/mol. The van der Waals surface area contributed by atoms with Crippen LogP contribution in [0.25, 0.3) is 10.9 Å². The molecule has 0 aliphatic carbocycles. The number of carboxylic acid groups (broad SMARTS) is 1. The highest BCUT2D eigenvalue weighted by atomic mass is 35.5. The van der Waals surface area contributed by atoms with Gasteiger partial charge in [-0.2, -0.15) is 0 Å². The normalized spacial score (nSPS) is 26.5. The number of β-lactam (4-membered cyclic amide) rings is 1. The summed E-state index contributed by atoms with van der Waals surface area (Å²) in [5, 5.41) is 13.1. The van der Waals surface area contributed by atoms with E-state index < -0.39 is 28.7 Å².